The van der Waals surface area contributed by atoms with Gasteiger partial charge in [-0.25, -0.2) is 0 Å². The Morgan fingerprint density at radius 1 is 1.08 bits per heavy atom. The molecule has 0 aromatic heterocycles. The van der Waals surface area contributed by atoms with Crippen LogP contribution in [0.15, 0.2) is 48.5 Å². The van der Waals surface area contributed by atoms with Crippen molar-refractivity contribution in [3.05, 3.63) is 64.1 Å². The van der Waals surface area contributed by atoms with Crippen LogP contribution in [0.1, 0.15) is 5.56 Å². The fourth-order valence-electron chi connectivity index (χ4n) is 2.35. The molecule has 0 heterocycles. The first-order chi connectivity index (χ1) is 11.6. The van der Waals surface area contributed by atoms with Gasteiger partial charge in [-0.3, -0.25) is 4.90 Å². The summed E-state index contributed by atoms with van der Waals surface area (Å²) < 4.78 is 5.55. The predicted molar refractivity (Wildman–Crippen MR) is 96.8 cm³/mol. The molecule has 0 amide bonds. The molecule has 0 saturated heterocycles. The van der Waals surface area contributed by atoms with Crippen LogP contribution in [0, 0.1) is 0 Å². The van der Waals surface area contributed by atoms with Crippen LogP contribution in [0.3, 0.4) is 0 Å². The Morgan fingerprint density at radius 2 is 1.83 bits per heavy atom. The summed E-state index contributed by atoms with van der Waals surface area (Å²) in [5, 5.41) is 20.4. The van der Waals surface area contributed by atoms with Crippen molar-refractivity contribution in [2.75, 3.05) is 26.3 Å². The first-order valence-corrected chi connectivity index (χ1v) is 8.47. The lowest BCUT2D eigenvalue weighted by molar-refractivity contribution is 0.0590. The molecule has 130 valence electrons. The van der Waals surface area contributed by atoms with Crippen molar-refractivity contribution in [3.8, 4) is 5.75 Å². The van der Waals surface area contributed by atoms with Crippen molar-refractivity contribution in [2.24, 2.45) is 0 Å². The molecule has 0 bridgehead atoms. The van der Waals surface area contributed by atoms with Crippen molar-refractivity contribution in [1.82, 2.24) is 4.90 Å². The van der Waals surface area contributed by atoms with Crippen LogP contribution in [-0.2, 0) is 6.54 Å². The second kappa shape index (κ2) is 9.87. The van der Waals surface area contributed by atoms with Gasteiger partial charge in [-0.1, -0.05) is 53.5 Å². The summed E-state index contributed by atoms with van der Waals surface area (Å²) >= 11 is 11.9. The molecule has 0 saturated carbocycles. The molecule has 2 rings (SSSR count). The molecule has 0 spiro atoms. The van der Waals surface area contributed by atoms with Gasteiger partial charge in [0.2, 0.25) is 0 Å². The van der Waals surface area contributed by atoms with Crippen molar-refractivity contribution >= 4 is 23.2 Å². The molecule has 4 nitrogen and oxygen atoms in total. The van der Waals surface area contributed by atoms with E-state index >= 15 is 0 Å². The monoisotopic (exact) mass is 369 g/mol. The first-order valence-electron chi connectivity index (χ1n) is 7.71. The van der Waals surface area contributed by atoms with E-state index in [1.165, 1.54) is 0 Å². The van der Waals surface area contributed by atoms with Gasteiger partial charge >= 0.3 is 0 Å². The van der Waals surface area contributed by atoms with Gasteiger partial charge in [-0.2, -0.15) is 0 Å². The van der Waals surface area contributed by atoms with E-state index in [9.17, 15) is 10.2 Å². The Bertz CT molecular complexity index is 625. The highest BCUT2D eigenvalue weighted by molar-refractivity contribution is 6.35. The molecule has 0 fully saturated rings. The zero-order valence-electron chi connectivity index (χ0n) is 13.2. The highest BCUT2D eigenvalue weighted by atomic mass is 35.5. The van der Waals surface area contributed by atoms with Crippen LogP contribution in [0.4, 0.5) is 0 Å². The average Bonchev–Trinajstić information content (AvgIpc) is 2.55. The van der Waals surface area contributed by atoms with Crippen LogP contribution < -0.4 is 4.74 Å². The van der Waals surface area contributed by atoms with Crippen LogP contribution in [-0.4, -0.2) is 47.5 Å². The van der Waals surface area contributed by atoms with Gasteiger partial charge < -0.3 is 14.9 Å². The number of ether oxygens (including phenoxy) is 1. The molecule has 0 aliphatic rings. The van der Waals surface area contributed by atoms with Gasteiger partial charge in [0, 0.05) is 24.7 Å². The molecular weight excluding hydrogens is 349 g/mol. The molecule has 2 aromatic rings. The van der Waals surface area contributed by atoms with E-state index in [1.807, 2.05) is 35.2 Å². The number of aliphatic hydroxyl groups excluding tert-OH is 2. The van der Waals surface area contributed by atoms with Crippen molar-refractivity contribution in [2.45, 2.75) is 12.6 Å². The Labute approximate surface area is 152 Å². The summed E-state index contributed by atoms with van der Waals surface area (Å²) in [6.07, 6.45) is -0.702. The van der Waals surface area contributed by atoms with E-state index in [2.05, 4.69) is 0 Å². The highest BCUT2D eigenvalue weighted by Crippen LogP contribution is 2.27. The minimum atomic E-state index is -0.702. The standard InChI is InChI=1S/C18H21Cl2NO3/c19-15-6-7-18(17(20)10-15)24-13-16(23)12-21(8-9-22)11-14-4-2-1-3-5-14/h1-7,10,16,22-23H,8-9,11-13H2/t16-/m0/s1. The fourth-order valence-corrected chi connectivity index (χ4v) is 2.81. The Kier molecular flexibility index (Phi) is 7.82. The summed E-state index contributed by atoms with van der Waals surface area (Å²) in [4.78, 5) is 1.98. The third-order valence-electron chi connectivity index (χ3n) is 3.46. The second-order valence-electron chi connectivity index (χ2n) is 5.48. The lowest BCUT2D eigenvalue weighted by Gasteiger charge is -2.24. The van der Waals surface area contributed by atoms with Crippen molar-refractivity contribution in [3.63, 3.8) is 0 Å². The van der Waals surface area contributed by atoms with Crippen LogP contribution in [0.2, 0.25) is 10.0 Å². The van der Waals surface area contributed by atoms with E-state index in [1.54, 1.807) is 18.2 Å². The van der Waals surface area contributed by atoms with Gasteiger partial charge in [0.05, 0.1) is 11.6 Å². The quantitative estimate of drug-likeness (QED) is 0.712. The van der Waals surface area contributed by atoms with Gasteiger partial charge in [-0.15, -0.1) is 0 Å². The van der Waals surface area contributed by atoms with Crippen molar-refractivity contribution in [1.29, 1.82) is 0 Å². The zero-order valence-corrected chi connectivity index (χ0v) is 14.7. The summed E-state index contributed by atoms with van der Waals surface area (Å²) in [5.41, 5.74) is 1.12. The summed E-state index contributed by atoms with van der Waals surface area (Å²) in [6.45, 7) is 1.66. The smallest absolute Gasteiger partial charge is 0.138 e. The molecule has 1 atom stereocenters. The van der Waals surface area contributed by atoms with E-state index < -0.39 is 6.10 Å². The molecule has 2 aromatic carbocycles. The van der Waals surface area contributed by atoms with Gasteiger partial charge in [0.15, 0.2) is 0 Å². The Balaban J connectivity index is 1.86. The molecule has 0 aliphatic carbocycles. The zero-order chi connectivity index (χ0) is 17.4. The summed E-state index contributed by atoms with van der Waals surface area (Å²) in [6, 6.07) is 14.9. The number of aliphatic hydroxyl groups is 2. The molecule has 0 radical (unpaired) electrons. The summed E-state index contributed by atoms with van der Waals surface area (Å²) in [7, 11) is 0. The van der Waals surface area contributed by atoms with Gasteiger partial charge in [0.1, 0.15) is 18.5 Å². The number of rotatable bonds is 9. The maximum atomic E-state index is 10.2. The van der Waals surface area contributed by atoms with Crippen LogP contribution >= 0.6 is 23.2 Å². The summed E-state index contributed by atoms with van der Waals surface area (Å²) in [5.74, 6) is 0.483. The third-order valence-corrected chi connectivity index (χ3v) is 3.99. The minimum Gasteiger partial charge on any atom is -0.489 e. The van der Waals surface area contributed by atoms with E-state index in [0.29, 0.717) is 35.4 Å². The molecule has 0 aliphatic heterocycles. The third kappa shape index (κ3) is 6.30. The Hall–Kier alpha value is -1.30. The number of hydrogen-bond acceptors (Lipinski definition) is 4. The fraction of sp³-hybridized carbons (Fsp3) is 0.333. The largest absolute Gasteiger partial charge is 0.489 e. The van der Waals surface area contributed by atoms with Gasteiger partial charge in [0.25, 0.3) is 0 Å². The van der Waals surface area contributed by atoms with Gasteiger partial charge in [-0.05, 0) is 23.8 Å². The molecule has 0 unspecified atom stereocenters. The molecule has 2 N–H and O–H groups in total. The SMILES string of the molecule is OCCN(Cc1ccccc1)C[C@H](O)COc1ccc(Cl)cc1Cl. The van der Waals surface area contributed by atoms with Crippen molar-refractivity contribution < 1.29 is 14.9 Å². The number of halogens is 2. The molecule has 24 heavy (non-hydrogen) atoms. The van der Waals surface area contributed by atoms with E-state index in [4.69, 9.17) is 27.9 Å². The van der Waals surface area contributed by atoms with E-state index in [-0.39, 0.29) is 13.2 Å². The van der Waals surface area contributed by atoms with E-state index in [0.717, 1.165) is 5.56 Å². The normalized spacial score (nSPS) is 12.4. The second-order valence-corrected chi connectivity index (χ2v) is 6.33. The topological polar surface area (TPSA) is 52.9 Å². The lowest BCUT2D eigenvalue weighted by Crippen LogP contribution is -2.37. The number of nitrogens with zero attached hydrogens (tertiary/aromatic N) is 1. The average molecular weight is 370 g/mol. The van der Waals surface area contributed by atoms with Crippen LogP contribution in [0.5, 0.6) is 5.75 Å². The van der Waals surface area contributed by atoms with Crippen LogP contribution in [0.25, 0.3) is 0 Å². The highest BCUT2D eigenvalue weighted by Gasteiger charge is 2.13. The maximum Gasteiger partial charge on any atom is 0.138 e. The maximum absolute atomic E-state index is 10.2. The minimum absolute atomic E-state index is 0.0312. The molecular formula is C18H21Cl2NO3. The number of hydrogen-bond donors (Lipinski definition) is 2. The number of benzene rings is 2. The molecule has 6 heteroatoms. The predicted octanol–water partition coefficient (Wildman–Crippen LogP) is 3.23. The lowest BCUT2D eigenvalue weighted by atomic mass is 10.2. The first kappa shape index (κ1) is 19.0. The Morgan fingerprint density at radius 3 is 2.50 bits per heavy atom.